The number of benzene rings is 1. The molecule has 2 aliphatic rings. The second kappa shape index (κ2) is 6.99. The fraction of sp³-hybridized carbons (Fsp3) is 0.611. The Labute approximate surface area is 142 Å². The number of hydrogen-bond donors (Lipinski definition) is 1. The van der Waals surface area contributed by atoms with Crippen molar-refractivity contribution in [3.63, 3.8) is 0 Å². The van der Waals surface area contributed by atoms with Crippen LogP contribution in [-0.4, -0.2) is 62.5 Å². The third-order valence-electron chi connectivity index (χ3n) is 5.15. The van der Waals surface area contributed by atoms with Gasteiger partial charge in [-0.3, -0.25) is 9.69 Å². The number of carboxylic acid groups (broad SMARTS) is 1. The largest absolute Gasteiger partial charge is 0.493 e. The minimum Gasteiger partial charge on any atom is -0.493 e. The number of carbonyl (C=O) groups is 1. The predicted octanol–water partition coefficient (Wildman–Crippen LogP) is 1.81. The second-order valence-electron chi connectivity index (χ2n) is 6.74. The molecule has 6 heteroatoms. The number of hydrogen-bond acceptors (Lipinski definition) is 5. The number of likely N-dealkylation sites (tertiary alicyclic amines) is 1. The summed E-state index contributed by atoms with van der Waals surface area (Å²) in [5, 5.41) is 9.66. The zero-order valence-corrected chi connectivity index (χ0v) is 14.3. The van der Waals surface area contributed by atoms with Gasteiger partial charge in [-0.05, 0) is 37.0 Å². The van der Waals surface area contributed by atoms with E-state index in [1.165, 1.54) is 0 Å². The van der Waals surface area contributed by atoms with E-state index in [0.717, 1.165) is 30.0 Å². The zero-order chi connectivity index (χ0) is 17.2. The zero-order valence-electron chi connectivity index (χ0n) is 14.3. The Morgan fingerprint density at radius 3 is 3.00 bits per heavy atom. The highest BCUT2D eigenvalue weighted by atomic mass is 16.5. The van der Waals surface area contributed by atoms with Crippen LogP contribution in [0.3, 0.4) is 0 Å². The van der Waals surface area contributed by atoms with Crippen molar-refractivity contribution in [2.75, 3.05) is 46.6 Å². The molecule has 2 aliphatic heterocycles. The molecule has 1 aromatic rings. The summed E-state index contributed by atoms with van der Waals surface area (Å²) in [6.45, 7) is 5.50. The quantitative estimate of drug-likeness (QED) is 0.855. The minimum absolute atomic E-state index is 0.165. The molecule has 2 atom stereocenters. The molecular weight excluding hydrogens is 310 g/mol. The highest BCUT2D eigenvalue weighted by Gasteiger charge is 2.53. The molecule has 24 heavy (non-hydrogen) atoms. The average molecular weight is 335 g/mol. The number of carboxylic acids is 1. The van der Waals surface area contributed by atoms with E-state index < -0.39 is 11.4 Å². The van der Waals surface area contributed by atoms with Gasteiger partial charge in [0.15, 0.2) is 11.5 Å². The van der Waals surface area contributed by atoms with Gasteiger partial charge < -0.3 is 19.3 Å². The van der Waals surface area contributed by atoms with Crippen LogP contribution in [0.15, 0.2) is 18.2 Å². The molecule has 1 aromatic carbocycles. The van der Waals surface area contributed by atoms with Gasteiger partial charge in [0.1, 0.15) is 12.0 Å². The number of rotatable bonds is 6. The summed E-state index contributed by atoms with van der Waals surface area (Å²) in [5.74, 6) is 0.866. The van der Waals surface area contributed by atoms with Crippen molar-refractivity contribution in [1.82, 2.24) is 4.90 Å². The van der Waals surface area contributed by atoms with E-state index in [-0.39, 0.29) is 5.92 Å². The maximum atomic E-state index is 11.8. The van der Waals surface area contributed by atoms with Crippen molar-refractivity contribution in [1.29, 1.82) is 0 Å². The summed E-state index contributed by atoms with van der Waals surface area (Å²) >= 11 is 0. The number of aryl methyl sites for hydroxylation is 1. The van der Waals surface area contributed by atoms with Crippen molar-refractivity contribution < 1.29 is 24.1 Å². The second-order valence-corrected chi connectivity index (χ2v) is 6.74. The van der Waals surface area contributed by atoms with Gasteiger partial charge in [0.25, 0.3) is 0 Å². The molecule has 0 aliphatic carbocycles. The van der Waals surface area contributed by atoms with Crippen LogP contribution < -0.4 is 9.47 Å². The van der Waals surface area contributed by atoms with Gasteiger partial charge in [0.2, 0.25) is 0 Å². The lowest BCUT2D eigenvalue weighted by Gasteiger charge is -2.34. The Morgan fingerprint density at radius 2 is 2.29 bits per heavy atom. The van der Waals surface area contributed by atoms with E-state index in [1.54, 1.807) is 7.11 Å². The molecular formula is C18H25NO5. The maximum Gasteiger partial charge on any atom is 0.313 e. The van der Waals surface area contributed by atoms with Crippen LogP contribution in [0.2, 0.25) is 0 Å². The van der Waals surface area contributed by atoms with Crippen LogP contribution in [0.1, 0.15) is 12.0 Å². The number of methoxy groups -OCH3 is 1. The Balaban J connectivity index is 1.57. The van der Waals surface area contributed by atoms with Gasteiger partial charge in [-0.2, -0.15) is 0 Å². The number of fused-ring (bicyclic) bond motifs is 1. The Hall–Kier alpha value is -1.79. The van der Waals surface area contributed by atoms with E-state index in [4.69, 9.17) is 14.2 Å². The standard InChI is InChI=1S/C18H25NO5/c1-13-3-4-15(16(9-13)22-2)24-8-6-19-10-14-5-7-23-12-18(14,11-19)17(20)21/h3-4,9,14H,5-8,10-12H2,1-2H3,(H,20,21)/t14-,18+/m0/s1. The lowest BCUT2D eigenvalue weighted by atomic mass is 9.76. The molecule has 6 nitrogen and oxygen atoms in total. The first-order valence-corrected chi connectivity index (χ1v) is 8.36. The van der Waals surface area contributed by atoms with Crippen LogP contribution in [0.25, 0.3) is 0 Å². The lowest BCUT2D eigenvalue weighted by molar-refractivity contribution is -0.159. The summed E-state index contributed by atoms with van der Waals surface area (Å²) in [6, 6.07) is 5.83. The first-order valence-electron chi connectivity index (χ1n) is 8.36. The summed E-state index contributed by atoms with van der Waals surface area (Å²) in [7, 11) is 1.63. The van der Waals surface area contributed by atoms with Crippen molar-refractivity contribution in [3.05, 3.63) is 23.8 Å². The lowest BCUT2D eigenvalue weighted by Crippen LogP contribution is -2.46. The normalized spacial score (nSPS) is 26.8. The van der Waals surface area contributed by atoms with Gasteiger partial charge >= 0.3 is 5.97 Å². The molecule has 3 rings (SSSR count). The van der Waals surface area contributed by atoms with Crippen LogP contribution in [-0.2, 0) is 9.53 Å². The SMILES string of the molecule is COc1cc(C)ccc1OCCN1C[C@@H]2CCOC[C@]2(C(=O)O)C1. The smallest absolute Gasteiger partial charge is 0.313 e. The molecule has 2 heterocycles. The Kier molecular flexibility index (Phi) is 4.96. The molecule has 1 N–H and O–H groups in total. The topological polar surface area (TPSA) is 68.2 Å². The molecule has 0 aromatic heterocycles. The number of nitrogens with zero attached hydrogens (tertiary/aromatic N) is 1. The van der Waals surface area contributed by atoms with Crippen LogP contribution in [0.4, 0.5) is 0 Å². The first-order chi connectivity index (χ1) is 11.5. The Bertz CT molecular complexity index is 605. The summed E-state index contributed by atoms with van der Waals surface area (Å²) in [5.41, 5.74) is 0.367. The summed E-state index contributed by atoms with van der Waals surface area (Å²) < 4.78 is 16.6. The molecule has 0 bridgehead atoms. The van der Waals surface area contributed by atoms with E-state index in [2.05, 4.69) is 4.90 Å². The number of ether oxygens (including phenoxy) is 3. The first kappa shape index (κ1) is 17.0. The van der Waals surface area contributed by atoms with Gasteiger partial charge in [-0.15, -0.1) is 0 Å². The van der Waals surface area contributed by atoms with E-state index in [0.29, 0.717) is 32.9 Å². The molecule has 0 spiro atoms. The molecule has 132 valence electrons. The van der Waals surface area contributed by atoms with Crippen molar-refractivity contribution in [3.8, 4) is 11.5 Å². The van der Waals surface area contributed by atoms with E-state index in [9.17, 15) is 9.90 Å². The molecule has 2 saturated heterocycles. The summed E-state index contributed by atoms with van der Waals surface area (Å²) in [4.78, 5) is 13.9. The third-order valence-corrected chi connectivity index (χ3v) is 5.15. The predicted molar refractivity (Wildman–Crippen MR) is 88.7 cm³/mol. The van der Waals surface area contributed by atoms with Gasteiger partial charge in [0, 0.05) is 26.2 Å². The Morgan fingerprint density at radius 1 is 1.46 bits per heavy atom. The molecule has 0 saturated carbocycles. The highest BCUT2D eigenvalue weighted by Crippen LogP contribution is 2.41. The van der Waals surface area contributed by atoms with Crippen molar-refractivity contribution >= 4 is 5.97 Å². The van der Waals surface area contributed by atoms with Crippen LogP contribution in [0, 0.1) is 18.3 Å². The molecule has 0 radical (unpaired) electrons. The molecule has 0 unspecified atom stereocenters. The highest BCUT2D eigenvalue weighted by molar-refractivity contribution is 5.76. The monoisotopic (exact) mass is 335 g/mol. The molecule has 0 amide bonds. The van der Waals surface area contributed by atoms with Gasteiger partial charge in [-0.1, -0.05) is 6.07 Å². The van der Waals surface area contributed by atoms with E-state index in [1.807, 2.05) is 25.1 Å². The fourth-order valence-electron chi connectivity index (χ4n) is 3.74. The van der Waals surface area contributed by atoms with Gasteiger partial charge in [0.05, 0.1) is 13.7 Å². The molecule has 2 fully saturated rings. The van der Waals surface area contributed by atoms with Gasteiger partial charge in [-0.25, -0.2) is 0 Å². The van der Waals surface area contributed by atoms with Crippen LogP contribution >= 0.6 is 0 Å². The van der Waals surface area contributed by atoms with E-state index >= 15 is 0 Å². The number of aliphatic carboxylic acids is 1. The van der Waals surface area contributed by atoms with Crippen molar-refractivity contribution in [2.24, 2.45) is 11.3 Å². The van der Waals surface area contributed by atoms with Crippen molar-refractivity contribution in [2.45, 2.75) is 13.3 Å². The minimum atomic E-state index is -0.750. The third kappa shape index (κ3) is 3.21. The fourth-order valence-corrected chi connectivity index (χ4v) is 3.74. The van der Waals surface area contributed by atoms with Crippen LogP contribution in [0.5, 0.6) is 11.5 Å². The maximum absolute atomic E-state index is 11.8. The average Bonchev–Trinajstić information content (AvgIpc) is 2.96. The summed E-state index contributed by atoms with van der Waals surface area (Å²) in [6.07, 6.45) is 0.815.